The topological polar surface area (TPSA) is 90.5 Å². The fraction of sp³-hybridized carbons (Fsp3) is 0.400. The molecule has 4 amide bonds. The van der Waals surface area contributed by atoms with Crippen molar-refractivity contribution in [1.29, 1.82) is 0 Å². The zero-order valence-electron chi connectivity index (χ0n) is 13.2. The van der Waals surface area contributed by atoms with Gasteiger partial charge < -0.3 is 10.6 Å². The lowest BCUT2D eigenvalue weighted by Crippen LogP contribution is -2.50. The number of halogens is 1. The van der Waals surface area contributed by atoms with Crippen LogP contribution in [-0.4, -0.2) is 34.9 Å². The van der Waals surface area contributed by atoms with Gasteiger partial charge in [-0.25, -0.2) is 4.79 Å². The number of imide groups is 1. The smallest absolute Gasteiger partial charge is 0.344 e. The van der Waals surface area contributed by atoms with E-state index in [2.05, 4.69) is 16.1 Å². The van der Waals surface area contributed by atoms with Gasteiger partial charge in [0, 0.05) is 0 Å². The maximum atomic E-state index is 12.2. The third-order valence-electron chi connectivity index (χ3n) is 3.77. The molecule has 0 aromatic heterocycles. The Balaban J connectivity index is 1.95. The van der Waals surface area contributed by atoms with E-state index >= 15 is 0 Å². The highest BCUT2D eigenvalue weighted by atomic mass is 35.5. The number of hydrogen-bond acceptors (Lipinski definition) is 4. The van der Waals surface area contributed by atoms with Crippen molar-refractivity contribution in [2.75, 3.05) is 11.9 Å². The Kier molecular flexibility index (Phi) is 4.79. The average Bonchev–Trinajstić information content (AvgIpc) is 2.70. The van der Waals surface area contributed by atoms with Crippen molar-refractivity contribution < 1.29 is 14.4 Å². The van der Waals surface area contributed by atoms with Crippen molar-refractivity contribution in [2.45, 2.75) is 32.7 Å². The number of amides is 4. The predicted octanol–water partition coefficient (Wildman–Crippen LogP) is 1.81. The van der Waals surface area contributed by atoms with Crippen LogP contribution in [-0.2, 0) is 9.59 Å². The van der Waals surface area contributed by atoms with Crippen LogP contribution in [0, 0.1) is 6.92 Å². The molecule has 2 rings (SSSR count). The number of nitrogens with one attached hydrogen (secondary N) is 3. The minimum Gasteiger partial charge on any atom is -0.375 e. The number of benzene rings is 1. The molecule has 0 saturated carbocycles. The van der Waals surface area contributed by atoms with E-state index in [4.69, 9.17) is 11.6 Å². The molecule has 7 nitrogen and oxygen atoms in total. The first-order valence-electron chi connectivity index (χ1n) is 7.23. The Morgan fingerprint density at radius 2 is 2.09 bits per heavy atom. The molecular formula is C15H19ClN4O3. The highest BCUT2D eigenvalue weighted by Crippen LogP contribution is 2.22. The maximum Gasteiger partial charge on any atom is 0.344 e. The van der Waals surface area contributed by atoms with Gasteiger partial charge in [-0.2, -0.15) is 5.01 Å². The van der Waals surface area contributed by atoms with Gasteiger partial charge in [-0.05, 0) is 38.0 Å². The van der Waals surface area contributed by atoms with Crippen LogP contribution in [0.15, 0.2) is 18.2 Å². The normalized spacial score (nSPS) is 20.4. The summed E-state index contributed by atoms with van der Waals surface area (Å²) in [6.45, 7) is 5.18. The minimum atomic E-state index is -0.988. The number of hydrogen-bond donors (Lipinski definition) is 3. The second-order valence-corrected chi connectivity index (χ2v) is 6.04. The molecule has 0 spiro atoms. The van der Waals surface area contributed by atoms with Gasteiger partial charge in [-0.3, -0.25) is 15.0 Å². The molecule has 1 saturated heterocycles. The second kappa shape index (κ2) is 6.45. The molecule has 3 N–H and O–H groups in total. The van der Waals surface area contributed by atoms with Crippen LogP contribution in [0.4, 0.5) is 10.5 Å². The monoisotopic (exact) mass is 338 g/mol. The SMILES string of the molecule is CCC1(C)NC(=O)N(NC(=O)CNc2ccc(C)cc2Cl)C1=O. The molecule has 1 unspecified atom stereocenters. The van der Waals surface area contributed by atoms with E-state index in [-0.39, 0.29) is 6.54 Å². The molecule has 0 radical (unpaired) electrons. The summed E-state index contributed by atoms with van der Waals surface area (Å²) in [7, 11) is 0. The van der Waals surface area contributed by atoms with E-state index in [0.29, 0.717) is 22.1 Å². The Hall–Kier alpha value is -2.28. The van der Waals surface area contributed by atoms with Gasteiger partial charge in [0.15, 0.2) is 0 Å². The fourth-order valence-electron chi connectivity index (χ4n) is 2.13. The summed E-state index contributed by atoms with van der Waals surface area (Å²) in [5, 5.41) is 6.62. The third-order valence-corrected chi connectivity index (χ3v) is 4.08. The Morgan fingerprint density at radius 3 is 2.65 bits per heavy atom. The van der Waals surface area contributed by atoms with Crippen LogP contribution in [0.2, 0.25) is 5.02 Å². The number of rotatable bonds is 5. The minimum absolute atomic E-state index is 0.122. The molecule has 0 aliphatic carbocycles. The van der Waals surface area contributed by atoms with Gasteiger partial charge in [-0.1, -0.05) is 24.6 Å². The largest absolute Gasteiger partial charge is 0.375 e. The Morgan fingerprint density at radius 1 is 1.39 bits per heavy atom. The van der Waals surface area contributed by atoms with E-state index < -0.39 is 23.4 Å². The standard InChI is InChI=1S/C15H19ClN4O3/c1-4-15(3)13(22)20(14(23)18-15)19-12(21)8-17-11-6-5-9(2)7-10(11)16/h5-7,17H,4,8H2,1-3H3,(H,18,23)(H,19,21). The summed E-state index contributed by atoms with van der Waals surface area (Å²) >= 11 is 6.06. The molecule has 1 aliphatic rings. The van der Waals surface area contributed by atoms with Crippen LogP contribution in [0.5, 0.6) is 0 Å². The lowest BCUT2D eigenvalue weighted by atomic mass is 10.00. The van der Waals surface area contributed by atoms with Gasteiger partial charge in [0.2, 0.25) is 0 Å². The molecule has 0 bridgehead atoms. The van der Waals surface area contributed by atoms with Gasteiger partial charge >= 0.3 is 6.03 Å². The van der Waals surface area contributed by atoms with Crippen LogP contribution >= 0.6 is 11.6 Å². The molecular weight excluding hydrogens is 320 g/mol. The molecule has 1 atom stereocenters. The second-order valence-electron chi connectivity index (χ2n) is 5.63. The van der Waals surface area contributed by atoms with E-state index in [1.54, 1.807) is 26.0 Å². The zero-order chi connectivity index (χ0) is 17.2. The lowest BCUT2D eigenvalue weighted by molar-refractivity contribution is -0.138. The summed E-state index contributed by atoms with van der Waals surface area (Å²) < 4.78 is 0. The molecule has 124 valence electrons. The Labute approximate surface area is 139 Å². The maximum absolute atomic E-state index is 12.2. The predicted molar refractivity (Wildman–Crippen MR) is 86.9 cm³/mol. The average molecular weight is 339 g/mol. The van der Waals surface area contributed by atoms with E-state index in [0.717, 1.165) is 5.56 Å². The lowest BCUT2D eigenvalue weighted by Gasteiger charge is -2.19. The molecule has 1 aromatic rings. The molecule has 1 aromatic carbocycles. The number of carbonyl (C=O) groups is 3. The van der Waals surface area contributed by atoms with Crippen molar-refractivity contribution in [1.82, 2.24) is 15.8 Å². The van der Waals surface area contributed by atoms with Crippen LogP contribution in [0.25, 0.3) is 0 Å². The molecule has 1 aliphatic heterocycles. The number of aryl methyl sites for hydroxylation is 1. The van der Waals surface area contributed by atoms with Crippen molar-refractivity contribution in [2.24, 2.45) is 0 Å². The van der Waals surface area contributed by atoms with Crippen molar-refractivity contribution in [3.63, 3.8) is 0 Å². The fourth-order valence-corrected chi connectivity index (χ4v) is 2.43. The van der Waals surface area contributed by atoms with Gasteiger partial charge in [0.1, 0.15) is 5.54 Å². The highest BCUT2D eigenvalue weighted by Gasteiger charge is 2.47. The molecule has 23 heavy (non-hydrogen) atoms. The number of urea groups is 1. The molecule has 8 heteroatoms. The van der Waals surface area contributed by atoms with Crippen molar-refractivity contribution in [3.8, 4) is 0 Å². The first kappa shape index (κ1) is 17.1. The molecule has 1 fully saturated rings. The summed E-state index contributed by atoms with van der Waals surface area (Å²) in [6, 6.07) is 4.75. The number of carbonyl (C=O) groups excluding carboxylic acids is 3. The van der Waals surface area contributed by atoms with E-state index in [1.165, 1.54) is 0 Å². The first-order valence-corrected chi connectivity index (χ1v) is 7.61. The number of anilines is 1. The quantitative estimate of drug-likeness (QED) is 0.714. The van der Waals surface area contributed by atoms with Gasteiger partial charge in [-0.15, -0.1) is 0 Å². The van der Waals surface area contributed by atoms with Crippen LogP contribution < -0.4 is 16.1 Å². The summed E-state index contributed by atoms with van der Waals surface area (Å²) in [4.78, 5) is 35.9. The summed E-state index contributed by atoms with van der Waals surface area (Å²) in [5.41, 5.74) is 2.91. The summed E-state index contributed by atoms with van der Waals surface area (Å²) in [5.74, 6) is -1.00. The van der Waals surface area contributed by atoms with Crippen LogP contribution in [0.3, 0.4) is 0 Å². The summed E-state index contributed by atoms with van der Waals surface area (Å²) in [6.07, 6.45) is 0.432. The van der Waals surface area contributed by atoms with Crippen LogP contribution in [0.1, 0.15) is 25.8 Å². The highest BCUT2D eigenvalue weighted by molar-refractivity contribution is 6.33. The van der Waals surface area contributed by atoms with Gasteiger partial charge in [0.25, 0.3) is 11.8 Å². The third kappa shape index (κ3) is 3.56. The number of nitrogens with zero attached hydrogens (tertiary/aromatic N) is 1. The van der Waals surface area contributed by atoms with Crippen molar-refractivity contribution >= 4 is 35.1 Å². The van der Waals surface area contributed by atoms with Gasteiger partial charge in [0.05, 0.1) is 17.3 Å². The number of hydrazine groups is 1. The zero-order valence-corrected chi connectivity index (χ0v) is 14.0. The van der Waals surface area contributed by atoms with Crippen molar-refractivity contribution in [3.05, 3.63) is 28.8 Å². The Bertz CT molecular complexity index is 664. The molecule has 1 heterocycles. The van der Waals surface area contributed by atoms with E-state index in [1.807, 2.05) is 13.0 Å². The van der Waals surface area contributed by atoms with E-state index in [9.17, 15) is 14.4 Å². The first-order chi connectivity index (χ1) is 10.8.